The highest BCUT2D eigenvalue weighted by atomic mass is 19.1. The smallest absolute Gasteiger partial charge is 0.239 e. The van der Waals surface area contributed by atoms with Crippen LogP contribution in [-0.4, -0.2) is 32.1 Å². The molecule has 1 rings (SSSR count). The van der Waals surface area contributed by atoms with Crippen LogP contribution >= 0.6 is 0 Å². The van der Waals surface area contributed by atoms with E-state index in [1.54, 1.807) is 6.07 Å². The van der Waals surface area contributed by atoms with E-state index < -0.39 is 23.0 Å². The first kappa shape index (κ1) is 16.1. The number of nitrogens with one attached hydrogen (secondary N) is 2. The lowest BCUT2D eigenvalue weighted by Gasteiger charge is -2.22. The Morgan fingerprint density at radius 2 is 1.90 bits per heavy atom. The maximum Gasteiger partial charge on any atom is 0.239 e. The molecule has 0 aliphatic carbocycles. The minimum absolute atomic E-state index is 0.0512. The summed E-state index contributed by atoms with van der Waals surface area (Å²) in [6, 6.07) is 5.80. The first-order valence-electron chi connectivity index (χ1n) is 6.23. The van der Waals surface area contributed by atoms with Crippen LogP contribution in [0.15, 0.2) is 24.3 Å². The molecule has 0 aliphatic rings. The Morgan fingerprint density at radius 1 is 1.25 bits per heavy atom. The van der Waals surface area contributed by atoms with Gasteiger partial charge >= 0.3 is 0 Å². The summed E-state index contributed by atoms with van der Waals surface area (Å²) in [5, 5.41) is 5.00. The number of amides is 2. The second-order valence-electron chi connectivity index (χ2n) is 4.81. The summed E-state index contributed by atoms with van der Waals surface area (Å²) in [7, 11) is 1.52. The number of hydrogen-bond donors (Lipinski definition) is 2. The second kappa shape index (κ2) is 7.00. The van der Waals surface area contributed by atoms with Gasteiger partial charge in [0.05, 0.1) is 12.3 Å². The Labute approximate surface area is 117 Å². The summed E-state index contributed by atoms with van der Waals surface area (Å²) in [4.78, 5) is 24.0. The normalized spacial score (nSPS) is 11.0. The molecule has 0 aromatic heterocycles. The molecule has 1 aromatic carbocycles. The fourth-order valence-corrected chi connectivity index (χ4v) is 1.43. The van der Waals surface area contributed by atoms with Crippen molar-refractivity contribution in [3.05, 3.63) is 30.1 Å². The lowest BCUT2D eigenvalue weighted by Crippen LogP contribution is -2.46. The Hall–Kier alpha value is -1.95. The maximum absolute atomic E-state index is 13.5. The molecule has 0 heterocycles. The van der Waals surface area contributed by atoms with Crippen LogP contribution in [-0.2, 0) is 14.3 Å². The molecule has 0 atom stereocenters. The topological polar surface area (TPSA) is 67.4 Å². The summed E-state index contributed by atoms with van der Waals surface area (Å²) in [5.74, 6) is -1.56. The van der Waals surface area contributed by atoms with Crippen molar-refractivity contribution in [2.75, 3.05) is 25.6 Å². The summed E-state index contributed by atoms with van der Waals surface area (Å²) < 4.78 is 18.3. The molecule has 0 fully saturated rings. The van der Waals surface area contributed by atoms with Crippen LogP contribution < -0.4 is 10.6 Å². The number of hydrogen-bond acceptors (Lipinski definition) is 3. The van der Waals surface area contributed by atoms with E-state index in [0.29, 0.717) is 13.2 Å². The lowest BCUT2D eigenvalue weighted by molar-refractivity contribution is -0.138. The highest BCUT2D eigenvalue weighted by Crippen LogP contribution is 2.20. The fourth-order valence-electron chi connectivity index (χ4n) is 1.43. The van der Waals surface area contributed by atoms with Gasteiger partial charge in [0.25, 0.3) is 0 Å². The van der Waals surface area contributed by atoms with Gasteiger partial charge in [-0.2, -0.15) is 0 Å². The van der Waals surface area contributed by atoms with Crippen LogP contribution in [0.1, 0.15) is 13.8 Å². The van der Waals surface area contributed by atoms with Gasteiger partial charge in [-0.3, -0.25) is 9.59 Å². The molecular formula is C14H19FN2O3. The van der Waals surface area contributed by atoms with Gasteiger partial charge in [0, 0.05) is 13.7 Å². The van der Waals surface area contributed by atoms with E-state index >= 15 is 0 Å². The summed E-state index contributed by atoms with van der Waals surface area (Å²) >= 11 is 0. The van der Waals surface area contributed by atoms with Crippen molar-refractivity contribution in [3.8, 4) is 0 Å². The summed E-state index contributed by atoms with van der Waals surface area (Å²) in [6.45, 7) is 3.62. The molecule has 0 spiro atoms. The van der Waals surface area contributed by atoms with Crippen molar-refractivity contribution >= 4 is 17.5 Å². The average molecular weight is 282 g/mol. The maximum atomic E-state index is 13.5. The van der Waals surface area contributed by atoms with Crippen molar-refractivity contribution in [2.24, 2.45) is 5.41 Å². The van der Waals surface area contributed by atoms with Crippen molar-refractivity contribution in [1.82, 2.24) is 5.32 Å². The fraction of sp³-hybridized carbons (Fsp3) is 0.429. The van der Waals surface area contributed by atoms with Gasteiger partial charge in [-0.05, 0) is 26.0 Å². The van der Waals surface area contributed by atoms with Gasteiger partial charge in [-0.25, -0.2) is 4.39 Å². The molecule has 2 N–H and O–H groups in total. The third kappa shape index (κ3) is 4.03. The molecule has 0 unspecified atom stereocenters. The number of carbonyl (C=O) groups excluding carboxylic acids is 2. The SMILES string of the molecule is COCCNC(=O)C(C)(C)C(=O)Nc1ccccc1F. The molecule has 2 amide bonds. The number of carbonyl (C=O) groups is 2. The Morgan fingerprint density at radius 3 is 2.50 bits per heavy atom. The first-order chi connectivity index (χ1) is 9.39. The van der Waals surface area contributed by atoms with Gasteiger partial charge in [-0.15, -0.1) is 0 Å². The van der Waals surface area contributed by atoms with E-state index in [-0.39, 0.29) is 5.69 Å². The number of benzene rings is 1. The van der Waals surface area contributed by atoms with Crippen LogP contribution in [0.4, 0.5) is 10.1 Å². The standard InChI is InChI=1S/C14H19FN2O3/c1-14(2,12(18)16-8-9-20-3)13(19)17-11-7-5-4-6-10(11)15/h4-7H,8-9H2,1-3H3,(H,16,18)(H,17,19). The van der Waals surface area contributed by atoms with Gasteiger partial charge in [-0.1, -0.05) is 12.1 Å². The highest BCUT2D eigenvalue weighted by Gasteiger charge is 2.36. The first-order valence-corrected chi connectivity index (χ1v) is 6.23. The molecule has 0 saturated heterocycles. The van der Waals surface area contributed by atoms with Gasteiger partial charge in [0.2, 0.25) is 11.8 Å². The van der Waals surface area contributed by atoms with Crippen LogP contribution in [0.2, 0.25) is 0 Å². The van der Waals surface area contributed by atoms with Gasteiger partial charge in [0.15, 0.2) is 0 Å². The molecule has 1 aromatic rings. The van der Waals surface area contributed by atoms with Gasteiger partial charge in [0.1, 0.15) is 11.2 Å². The minimum atomic E-state index is -1.31. The van der Waals surface area contributed by atoms with Crippen molar-refractivity contribution < 1.29 is 18.7 Å². The summed E-state index contributed by atoms with van der Waals surface area (Å²) in [5.41, 5.74) is -1.26. The minimum Gasteiger partial charge on any atom is -0.383 e. The predicted octanol–water partition coefficient (Wildman–Crippen LogP) is 1.55. The quantitative estimate of drug-likeness (QED) is 0.614. The van der Waals surface area contributed by atoms with E-state index in [1.165, 1.54) is 39.2 Å². The van der Waals surface area contributed by atoms with Crippen LogP contribution in [0.25, 0.3) is 0 Å². The zero-order valence-corrected chi connectivity index (χ0v) is 11.8. The largest absolute Gasteiger partial charge is 0.383 e. The van der Waals surface area contributed by atoms with Crippen LogP contribution in [0, 0.1) is 11.2 Å². The third-order valence-electron chi connectivity index (χ3n) is 2.85. The zero-order valence-electron chi connectivity index (χ0n) is 11.8. The number of methoxy groups -OCH3 is 1. The van der Waals surface area contributed by atoms with Crippen LogP contribution in [0.5, 0.6) is 0 Å². The number of para-hydroxylation sites is 1. The van der Waals surface area contributed by atoms with Crippen molar-refractivity contribution in [3.63, 3.8) is 0 Å². The van der Waals surface area contributed by atoms with Crippen LogP contribution in [0.3, 0.4) is 0 Å². The second-order valence-corrected chi connectivity index (χ2v) is 4.81. The number of halogens is 1. The molecule has 0 bridgehead atoms. The van der Waals surface area contributed by atoms with E-state index in [1.807, 2.05) is 0 Å². The molecule has 0 aliphatic heterocycles. The predicted molar refractivity (Wildman–Crippen MR) is 73.7 cm³/mol. The molecule has 0 radical (unpaired) electrons. The molecule has 0 saturated carbocycles. The Kier molecular flexibility index (Phi) is 5.64. The molecular weight excluding hydrogens is 263 g/mol. The molecule has 6 heteroatoms. The van der Waals surface area contributed by atoms with E-state index in [2.05, 4.69) is 10.6 Å². The van der Waals surface area contributed by atoms with Crippen molar-refractivity contribution in [1.29, 1.82) is 0 Å². The highest BCUT2D eigenvalue weighted by molar-refractivity contribution is 6.09. The van der Waals surface area contributed by atoms with E-state index in [4.69, 9.17) is 4.74 Å². The number of anilines is 1. The van der Waals surface area contributed by atoms with Crippen molar-refractivity contribution in [2.45, 2.75) is 13.8 Å². The third-order valence-corrected chi connectivity index (χ3v) is 2.85. The number of rotatable bonds is 6. The molecule has 110 valence electrons. The van der Waals surface area contributed by atoms with E-state index in [0.717, 1.165) is 0 Å². The monoisotopic (exact) mass is 282 g/mol. The lowest BCUT2D eigenvalue weighted by atomic mass is 9.91. The number of ether oxygens (including phenoxy) is 1. The zero-order chi connectivity index (χ0) is 15.2. The Balaban J connectivity index is 2.69. The Bertz CT molecular complexity index is 489. The summed E-state index contributed by atoms with van der Waals surface area (Å²) in [6.07, 6.45) is 0. The average Bonchev–Trinajstić information content (AvgIpc) is 2.41. The molecule has 20 heavy (non-hydrogen) atoms. The van der Waals surface area contributed by atoms with E-state index in [9.17, 15) is 14.0 Å². The van der Waals surface area contributed by atoms with Gasteiger partial charge < -0.3 is 15.4 Å². The molecule has 5 nitrogen and oxygen atoms in total.